The van der Waals surface area contributed by atoms with E-state index in [4.69, 9.17) is 9.47 Å². The highest BCUT2D eigenvalue weighted by Crippen LogP contribution is 2.21. The van der Waals surface area contributed by atoms with Crippen LogP contribution in [0.2, 0.25) is 0 Å². The second-order valence-electron chi connectivity index (χ2n) is 6.50. The lowest BCUT2D eigenvalue weighted by Crippen LogP contribution is -2.58. The summed E-state index contributed by atoms with van der Waals surface area (Å²) in [5.74, 6) is -1.18. The summed E-state index contributed by atoms with van der Waals surface area (Å²) in [4.78, 5) is 29.1. The van der Waals surface area contributed by atoms with Crippen LogP contribution in [0.25, 0.3) is 0 Å². The number of carbonyl (C=O) groups excluding carboxylic acids is 2. The van der Waals surface area contributed by atoms with E-state index in [2.05, 4.69) is 10.3 Å². The molecule has 1 fully saturated rings. The third-order valence-corrected chi connectivity index (χ3v) is 3.22. The van der Waals surface area contributed by atoms with Gasteiger partial charge in [-0.05, 0) is 27.7 Å². The number of esters is 1. The number of nitrogens with one attached hydrogen (secondary N) is 1. The van der Waals surface area contributed by atoms with Crippen molar-refractivity contribution in [1.82, 2.24) is 9.88 Å². The van der Waals surface area contributed by atoms with E-state index in [9.17, 15) is 14.0 Å². The maximum Gasteiger partial charge on any atom is 0.410 e. The molecule has 1 saturated heterocycles. The smallest absolute Gasteiger partial charge is 0.410 e. The fraction of sp³-hybridized carbons (Fsp3) is 0.562. The molecule has 1 aromatic heterocycles. The predicted molar refractivity (Wildman–Crippen MR) is 85.4 cm³/mol. The van der Waals surface area contributed by atoms with Crippen LogP contribution in [0, 0.1) is 5.82 Å². The van der Waals surface area contributed by atoms with Gasteiger partial charge < -0.3 is 19.7 Å². The summed E-state index contributed by atoms with van der Waals surface area (Å²) in [5, 5.41) is 3.02. The van der Waals surface area contributed by atoms with Crippen molar-refractivity contribution in [2.45, 2.75) is 39.3 Å². The van der Waals surface area contributed by atoms with Crippen LogP contribution in [0.5, 0.6) is 0 Å². The number of anilines is 1. The average Bonchev–Trinajstić information content (AvgIpc) is 2.40. The number of nitrogens with zero attached hydrogens (tertiary/aromatic N) is 2. The second kappa shape index (κ2) is 7.02. The van der Waals surface area contributed by atoms with Crippen LogP contribution in [0.4, 0.5) is 14.9 Å². The molecular formula is C16H22FN3O4. The Morgan fingerprint density at radius 1 is 1.42 bits per heavy atom. The normalized spacial score (nSPS) is 14.8. The monoisotopic (exact) mass is 339 g/mol. The van der Waals surface area contributed by atoms with Gasteiger partial charge in [-0.15, -0.1) is 0 Å². The van der Waals surface area contributed by atoms with Crippen molar-refractivity contribution >= 4 is 17.7 Å². The summed E-state index contributed by atoms with van der Waals surface area (Å²) in [6, 6.07) is 1.07. The van der Waals surface area contributed by atoms with Crippen LogP contribution in [0.1, 0.15) is 38.2 Å². The largest absolute Gasteiger partial charge is 0.461 e. The van der Waals surface area contributed by atoms with Gasteiger partial charge in [-0.25, -0.2) is 19.0 Å². The summed E-state index contributed by atoms with van der Waals surface area (Å²) in [6.07, 6.45) is 0.564. The first-order chi connectivity index (χ1) is 11.2. The number of ether oxygens (including phenoxy) is 2. The molecule has 0 radical (unpaired) electrons. The minimum absolute atomic E-state index is 0.0222. The summed E-state index contributed by atoms with van der Waals surface area (Å²) in [7, 11) is 0. The third-order valence-electron chi connectivity index (χ3n) is 3.22. The van der Waals surface area contributed by atoms with Crippen molar-refractivity contribution < 1.29 is 23.5 Å². The number of hydrogen-bond acceptors (Lipinski definition) is 6. The zero-order valence-corrected chi connectivity index (χ0v) is 14.3. The van der Waals surface area contributed by atoms with Crippen molar-refractivity contribution in [2.75, 3.05) is 25.0 Å². The van der Waals surface area contributed by atoms with Crippen molar-refractivity contribution in [3.05, 3.63) is 23.8 Å². The van der Waals surface area contributed by atoms with Crippen molar-refractivity contribution in [3.8, 4) is 0 Å². The summed E-state index contributed by atoms with van der Waals surface area (Å²) < 4.78 is 23.6. The average molecular weight is 339 g/mol. The molecule has 7 nitrogen and oxygen atoms in total. The van der Waals surface area contributed by atoms with E-state index < -0.39 is 23.5 Å². The molecule has 8 heteroatoms. The Balaban J connectivity index is 1.97. The number of aromatic nitrogens is 1. The Hall–Kier alpha value is -2.38. The van der Waals surface area contributed by atoms with Gasteiger partial charge in [0.2, 0.25) is 0 Å². The molecule has 0 spiro atoms. The number of pyridine rings is 1. The molecule has 0 bridgehead atoms. The lowest BCUT2D eigenvalue weighted by molar-refractivity contribution is 0.0104. The van der Waals surface area contributed by atoms with Crippen molar-refractivity contribution in [3.63, 3.8) is 0 Å². The molecule has 24 heavy (non-hydrogen) atoms. The molecule has 1 aliphatic rings. The van der Waals surface area contributed by atoms with Gasteiger partial charge in [0.15, 0.2) is 5.69 Å². The van der Waals surface area contributed by atoms with Crippen molar-refractivity contribution in [2.24, 2.45) is 0 Å². The lowest BCUT2D eigenvalue weighted by Gasteiger charge is -2.40. The fourth-order valence-electron chi connectivity index (χ4n) is 2.18. The highest BCUT2D eigenvalue weighted by atomic mass is 19.1. The Bertz CT molecular complexity index is 624. The number of hydrogen-bond donors (Lipinski definition) is 1. The highest BCUT2D eigenvalue weighted by molar-refractivity contribution is 5.93. The van der Waals surface area contributed by atoms with E-state index in [1.165, 1.54) is 11.0 Å². The van der Waals surface area contributed by atoms with E-state index in [0.29, 0.717) is 13.1 Å². The molecule has 2 rings (SSSR count). The summed E-state index contributed by atoms with van der Waals surface area (Å²) in [6.45, 7) is 8.06. The van der Waals surface area contributed by atoms with Gasteiger partial charge in [0.25, 0.3) is 0 Å². The number of halogens is 1. The minimum Gasteiger partial charge on any atom is -0.461 e. The zero-order valence-electron chi connectivity index (χ0n) is 14.3. The maximum absolute atomic E-state index is 13.4. The van der Waals surface area contributed by atoms with Crippen LogP contribution >= 0.6 is 0 Å². The van der Waals surface area contributed by atoms with E-state index in [1.807, 2.05) is 0 Å². The molecule has 1 aromatic rings. The van der Waals surface area contributed by atoms with Gasteiger partial charge in [-0.1, -0.05) is 0 Å². The molecule has 0 aliphatic carbocycles. The second-order valence-corrected chi connectivity index (χ2v) is 6.50. The molecule has 0 atom stereocenters. The first-order valence-corrected chi connectivity index (χ1v) is 7.76. The molecule has 1 amide bonds. The van der Waals surface area contributed by atoms with Gasteiger partial charge >= 0.3 is 12.1 Å². The maximum atomic E-state index is 13.4. The molecule has 132 valence electrons. The molecule has 1 aliphatic heterocycles. The van der Waals surface area contributed by atoms with Gasteiger partial charge in [-0.2, -0.15) is 0 Å². The zero-order chi connectivity index (χ0) is 17.9. The molecule has 2 heterocycles. The van der Waals surface area contributed by atoms with E-state index in [0.717, 1.165) is 6.20 Å². The topological polar surface area (TPSA) is 80.8 Å². The number of likely N-dealkylation sites (tertiary alicyclic amines) is 1. The Labute approximate surface area is 140 Å². The third kappa shape index (κ3) is 4.56. The molecule has 0 saturated carbocycles. The van der Waals surface area contributed by atoms with Gasteiger partial charge in [0.1, 0.15) is 11.4 Å². The molecule has 1 N–H and O–H groups in total. The standard InChI is InChI=1S/C16H22FN3O4/c1-5-23-14(21)13-12(6-10(17)7-18-13)19-11-8-20(9-11)15(22)24-16(2,3)4/h6-7,11,19H,5,8-9H2,1-4H3. The first-order valence-electron chi connectivity index (χ1n) is 7.76. The fourth-order valence-corrected chi connectivity index (χ4v) is 2.18. The van der Waals surface area contributed by atoms with Crippen LogP contribution in [0.3, 0.4) is 0 Å². The van der Waals surface area contributed by atoms with Crippen LogP contribution in [0.15, 0.2) is 12.3 Å². The minimum atomic E-state index is -0.622. The van der Waals surface area contributed by atoms with Gasteiger partial charge in [0.05, 0.1) is 24.5 Å². The summed E-state index contributed by atoms with van der Waals surface area (Å²) in [5.41, 5.74) is -0.282. The first kappa shape index (κ1) is 18.0. The Morgan fingerprint density at radius 2 is 2.08 bits per heavy atom. The summed E-state index contributed by atoms with van der Waals surface area (Å²) >= 11 is 0. The van der Waals surface area contributed by atoms with E-state index in [-0.39, 0.29) is 24.0 Å². The van der Waals surface area contributed by atoms with Gasteiger partial charge in [-0.3, -0.25) is 0 Å². The Kier molecular flexibility index (Phi) is 5.26. The molecular weight excluding hydrogens is 317 g/mol. The van der Waals surface area contributed by atoms with E-state index >= 15 is 0 Å². The Morgan fingerprint density at radius 3 is 2.67 bits per heavy atom. The van der Waals surface area contributed by atoms with Crippen LogP contribution in [-0.2, 0) is 9.47 Å². The number of amides is 1. The highest BCUT2D eigenvalue weighted by Gasteiger charge is 2.34. The lowest BCUT2D eigenvalue weighted by atomic mass is 10.1. The SMILES string of the molecule is CCOC(=O)c1ncc(F)cc1NC1CN(C(=O)OC(C)(C)C)C1. The number of carbonyl (C=O) groups is 2. The van der Waals surface area contributed by atoms with E-state index in [1.54, 1.807) is 27.7 Å². The molecule has 0 unspecified atom stereocenters. The quantitative estimate of drug-likeness (QED) is 0.849. The van der Waals surface area contributed by atoms with Crippen LogP contribution < -0.4 is 5.32 Å². The molecule has 0 aromatic carbocycles. The van der Waals surface area contributed by atoms with Crippen LogP contribution in [-0.4, -0.2) is 53.3 Å². The predicted octanol–water partition coefficient (Wildman–Crippen LogP) is 2.43. The van der Waals surface area contributed by atoms with Gasteiger partial charge in [0, 0.05) is 19.2 Å². The van der Waals surface area contributed by atoms with Crippen molar-refractivity contribution in [1.29, 1.82) is 0 Å². The number of rotatable bonds is 4.